The van der Waals surface area contributed by atoms with E-state index in [1.54, 1.807) is 12.1 Å². The van der Waals surface area contributed by atoms with E-state index < -0.39 is 10.0 Å². The Labute approximate surface area is 189 Å². The Bertz CT molecular complexity index is 1200. The van der Waals surface area contributed by atoms with Crippen LogP contribution in [0.5, 0.6) is 0 Å². The lowest BCUT2D eigenvalue weighted by molar-refractivity contribution is 0.102. The van der Waals surface area contributed by atoms with Crippen molar-refractivity contribution < 1.29 is 13.2 Å². The molecule has 0 heterocycles. The molecule has 1 fully saturated rings. The molecule has 6 heteroatoms. The smallest absolute Gasteiger partial charge is 0.255 e. The lowest BCUT2D eigenvalue weighted by Gasteiger charge is -2.22. The van der Waals surface area contributed by atoms with E-state index in [9.17, 15) is 13.2 Å². The van der Waals surface area contributed by atoms with Gasteiger partial charge in [-0.25, -0.2) is 13.1 Å². The maximum atomic E-state index is 13.2. The zero-order chi connectivity index (χ0) is 22.6. The highest BCUT2D eigenvalue weighted by atomic mass is 32.2. The van der Waals surface area contributed by atoms with Gasteiger partial charge >= 0.3 is 0 Å². The first kappa shape index (κ1) is 22.2. The van der Waals surface area contributed by atoms with Crippen LogP contribution in [0.3, 0.4) is 0 Å². The number of benzene rings is 3. The standard InChI is InChI=1S/C26H28N2O3S/c1-19-16-17-22(32(30,31)28-21-12-6-3-7-13-21)18-24(19)26(29)27-25-15-9-8-14-23(25)20-10-4-2-5-11-20/h2,4-5,8-11,14-18,21,28H,3,6-7,12-13H2,1H3,(H,27,29). The van der Waals surface area contributed by atoms with Crippen LogP contribution in [0.4, 0.5) is 5.69 Å². The zero-order valence-electron chi connectivity index (χ0n) is 18.2. The van der Waals surface area contributed by atoms with Crippen molar-refractivity contribution in [1.82, 2.24) is 4.72 Å². The van der Waals surface area contributed by atoms with Gasteiger partial charge in [0.2, 0.25) is 10.0 Å². The Morgan fingerprint density at radius 1 is 0.875 bits per heavy atom. The van der Waals surface area contributed by atoms with Crippen LogP contribution < -0.4 is 10.0 Å². The number of carbonyl (C=O) groups is 1. The number of hydrogen-bond donors (Lipinski definition) is 2. The fourth-order valence-corrected chi connectivity index (χ4v) is 5.50. The summed E-state index contributed by atoms with van der Waals surface area (Å²) < 4.78 is 28.7. The lowest BCUT2D eigenvalue weighted by atomic mass is 9.96. The lowest BCUT2D eigenvalue weighted by Crippen LogP contribution is -2.36. The second-order valence-electron chi connectivity index (χ2n) is 8.30. The van der Waals surface area contributed by atoms with Gasteiger partial charge in [-0.3, -0.25) is 4.79 Å². The third-order valence-corrected chi connectivity index (χ3v) is 7.47. The Kier molecular flexibility index (Phi) is 6.72. The number of nitrogens with one attached hydrogen (secondary N) is 2. The summed E-state index contributed by atoms with van der Waals surface area (Å²) in [4.78, 5) is 13.3. The van der Waals surface area contributed by atoms with E-state index in [2.05, 4.69) is 10.0 Å². The fraction of sp³-hybridized carbons (Fsp3) is 0.269. The number of sulfonamides is 1. The van der Waals surface area contributed by atoms with Crippen molar-refractivity contribution in [3.63, 3.8) is 0 Å². The van der Waals surface area contributed by atoms with Crippen LogP contribution in [0.1, 0.15) is 48.0 Å². The van der Waals surface area contributed by atoms with Gasteiger partial charge in [-0.2, -0.15) is 0 Å². The highest BCUT2D eigenvalue weighted by Crippen LogP contribution is 2.28. The average Bonchev–Trinajstić information content (AvgIpc) is 2.80. The van der Waals surface area contributed by atoms with Crippen molar-refractivity contribution in [3.05, 3.63) is 83.9 Å². The topological polar surface area (TPSA) is 75.3 Å². The molecule has 0 unspecified atom stereocenters. The molecular formula is C26H28N2O3S. The number of aryl methyl sites for hydroxylation is 1. The van der Waals surface area contributed by atoms with E-state index in [0.717, 1.165) is 48.8 Å². The molecule has 0 spiro atoms. The maximum Gasteiger partial charge on any atom is 0.255 e. The van der Waals surface area contributed by atoms with Crippen LogP contribution in [-0.4, -0.2) is 20.4 Å². The molecule has 32 heavy (non-hydrogen) atoms. The predicted octanol–water partition coefficient (Wildman–Crippen LogP) is 5.53. The minimum atomic E-state index is -3.69. The Morgan fingerprint density at radius 3 is 2.31 bits per heavy atom. The van der Waals surface area contributed by atoms with Gasteiger partial charge in [0.1, 0.15) is 0 Å². The molecule has 1 aliphatic rings. The summed E-state index contributed by atoms with van der Waals surface area (Å²) in [5.74, 6) is -0.333. The van der Waals surface area contributed by atoms with E-state index in [-0.39, 0.29) is 16.8 Å². The molecule has 166 valence electrons. The number of rotatable bonds is 6. The van der Waals surface area contributed by atoms with Crippen LogP contribution in [0.2, 0.25) is 0 Å². The largest absolute Gasteiger partial charge is 0.321 e. The molecular weight excluding hydrogens is 420 g/mol. The van der Waals surface area contributed by atoms with Gasteiger partial charge in [0, 0.05) is 22.9 Å². The van der Waals surface area contributed by atoms with Crippen LogP contribution >= 0.6 is 0 Å². The molecule has 0 bridgehead atoms. The number of carbonyl (C=O) groups excluding carboxylic acids is 1. The molecule has 0 aliphatic heterocycles. The first-order valence-electron chi connectivity index (χ1n) is 11.0. The second-order valence-corrected chi connectivity index (χ2v) is 10.0. The molecule has 0 saturated heterocycles. The van der Waals surface area contributed by atoms with E-state index in [1.807, 2.05) is 61.5 Å². The summed E-state index contributed by atoms with van der Waals surface area (Å²) in [6.07, 6.45) is 4.94. The van der Waals surface area contributed by atoms with Crippen molar-refractivity contribution in [2.75, 3.05) is 5.32 Å². The minimum absolute atomic E-state index is 0.0370. The second kappa shape index (κ2) is 9.67. The Morgan fingerprint density at radius 2 is 1.56 bits per heavy atom. The van der Waals surface area contributed by atoms with Gasteiger partial charge in [0.05, 0.1) is 4.90 Å². The van der Waals surface area contributed by atoms with Crippen LogP contribution in [0.25, 0.3) is 11.1 Å². The molecule has 3 aromatic rings. The van der Waals surface area contributed by atoms with Crippen molar-refractivity contribution >= 4 is 21.6 Å². The van der Waals surface area contributed by atoms with E-state index in [4.69, 9.17) is 0 Å². The van der Waals surface area contributed by atoms with Crippen molar-refractivity contribution in [3.8, 4) is 11.1 Å². The van der Waals surface area contributed by atoms with E-state index in [1.165, 1.54) is 6.07 Å². The van der Waals surface area contributed by atoms with Crippen LogP contribution in [-0.2, 0) is 10.0 Å². The Hall–Kier alpha value is -2.96. The predicted molar refractivity (Wildman–Crippen MR) is 128 cm³/mol. The molecule has 1 aliphatic carbocycles. The van der Waals surface area contributed by atoms with Gasteiger partial charge in [0.25, 0.3) is 5.91 Å². The first-order chi connectivity index (χ1) is 15.4. The summed E-state index contributed by atoms with van der Waals surface area (Å²) in [6.45, 7) is 1.81. The molecule has 2 N–H and O–H groups in total. The molecule has 3 aromatic carbocycles. The average molecular weight is 449 g/mol. The monoisotopic (exact) mass is 448 g/mol. The van der Waals surface area contributed by atoms with E-state index in [0.29, 0.717) is 11.3 Å². The Balaban J connectivity index is 1.59. The highest BCUT2D eigenvalue weighted by molar-refractivity contribution is 7.89. The molecule has 1 amide bonds. The normalized spacial score (nSPS) is 14.8. The number of anilines is 1. The van der Waals surface area contributed by atoms with Crippen LogP contribution in [0, 0.1) is 6.92 Å². The van der Waals surface area contributed by atoms with E-state index >= 15 is 0 Å². The van der Waals surface area contributed by atoms with Crippen molar-refractivity contribution in [1.29, 1.82) is 0 Å². The SMILES string of the molecule is Cc1ccc(S(=O)(=O)NC2CCCCC2)cc1C(=O)Nc1ccccc1-c1ccccc1. The summed E-state index contributed by atoms with van der Waals surface area (Å²) in [5, 5.41) is 2.97. The summed E-state index contributed by atoms with van der Waals surface area (Å²) >= 11 is 0. The molecule has 0 radical (unpaired) electrons. The van der Waals surface area contributed by atoms with Gasteiger partial charge in [-0.1, -0.05) is 73.9 Å². The van der Waals surface area contributed by atoms with Gasteiger partial charge in [-0.15, -0.1) is 0 Å². The molecule has 0 aromatic heterocycles. The van der Waals surface area contributed by atoms with Gasteiger partial charge < -0.3 is 5.32 Å². The number of hydrogen-bond acceptors (Lipinski definition) is 3. The molecule has 0 atom stereocenters. The fourth-order valence-electron chi connectivity index (χ4n) is 4.17. The van der Waals surface area contributed by atoms with Gasteiger partial charge in [0.15, 0.2) is 0 Å². The molecule has 1 saturated carbocycles. The van der Waals surface area contributed by atoms with Gasteiger partial charge in [-0.05, 0) is 49.1 Å². The third-order valence-electron chi connectivity index (χ3n) is 5.95. The quantitative estimate of drug-likeness (QED) is 0.521. The molecule has 4 rings (SSSR count). The first-order valence-corrected chi connectivity index (χ1v) is 12.5. The zero-order valence-corrected chi connectivity index (χ0v) is 19.0. The minimum Gasteiger partial charge on any atom is -0.321 e. The summed E-state index contributed by atoms with van der Waals surface area (Å²) in [5.41, 5.74) is 3.64. The number of amides is 1. The molecule has 5 nitrogen and oxygen atoms in total. The summed E-state index contributed by atoms with van der Waals surface area (Å²) in [7, 11) is -3.69. The summed E-state index contributed by atoms with van der Waals surface area (Å²) in [6, 6.07) is 22.1. The number of para-hydroxylation sites is 1. The van der Waals surface area contributed by atoms with Crippen LogP contribution in [0.15, 0.2) is 77.7 Å². The maximum absolute atomic E-state index is 13.2. The van der Waals surface area contributed by atoms with Crippen molar-refractivity contribution in [2.24, 2.45) is 0 Å². The highest BCUT2D eigenvalue weighted by Gasteiger charge is 2.23. The van der Waals surface area contributed by atoms with Crippen molar-refractivity contribution in [2.45, 2.75) is 50.0 Å². The third kappa shape index (κ3) is 5.09.